The number of hydrogen-bond acceptors (Lipinski definition) is 9. The van der Waals surface area contributed by atoms with Gasteiger partial charge in [-0.2, -0.15) is 0 Å². The van der Waals surface area contributed by atoms with Crippen LogP contribution in [0.3, 0.4) is 0 Å². The third-order valence-corrected chi connectivity index (χ3v) is 7.05. The molecule has 0 bridgehead atoms. The fraction of sp³-hybridized carbons (Fsp3) is 0.438. The summed E-state index contributed by atoms with van der Waals surface area (Å²) in [6, 6.07) is 7.04. The maximum atomic E-state index is 13.2. The van der Waals surface area contributed by atoms with Crippen molar-refractivity contribution in [3.05, 3.63) is 78.6 Å². The number of carbonyl (C=O) groups excluding carboxylic acids is 4. The van der Waals surface area contributed by atoms with E-state index in [-0.39, 0.29) is 57.0 Å². The predicted molar refractivity (Wildman–Crippen MR) is 170 cm³/mol. The molecule has 2 N–H and O–H groups in total. The SMILES string of the molecule is C=C1/C=C\C(CN2CC3N(CC2=O)C(=O)CN(C)N3C(=O)NCc2ccc(OC)cc2)=C/COCO1.C=CCOC(=O)NCCC. The number of hydrazine groups is 1. The lowest BCUT2D eigenvalue weighted by molar-refractivity contribution is -0.177. The molecule has 2 fully saturated rings. The molecule has 0 saturated carbocycles. The Morgan fingerprint density at radius 3 is 2.57 bits per heavy atom. The molecule has 2 saturated heterocycles. The smallest absolute Gasteiger partial charge is 0.407 e. The lowest BCUT2D eigenvalue weighted by Gasteiger charge is -2.51. The van der Waals surface area contributed by atoms with Gasteiger partial charge >= 0.3 is 12.1 Å². The van der Waals surface area contributed by atoms with Crippen LogP contribution >= 0.6 is 0 Å². The molecule has 3 heterocycles. The van der Waals surface area contributed by atoms with Gasteiger partial charge in [-0.05, 0) is 35.8 Å². The number of rotatable bonds is 9. The number of benzene rings is 1. The molecule has 14 nitrogen and oxygen atoms in total. The Morgan fingerprint density at radius 2 is 1.87 bits per heavy atom. The molecule has 3 aliphatic heterocycles. The molecule has 14 heteroatoms. The second kappa shape index (κ2) is 18.2. The van der Waals surface area contributed by atoms with Crippen molar-refractivity contribution in [2.75, 3.05) is 66.9 Å². The highest BCUT2D eigenvalue weighted by atomic mass is 16.7. The van der Waals surface area contributed by atoms with Gasteiger partial charge in [0.2, 0.25) is 11.8 Å². The zero-order valence-electron chi connectivity index (χ0n) is 26.7. The summed E-state index contributed by atoms with van der Waals surface area (Å²) in [5, 5.41) is 8.58. The van der Waals surface area contributed by atoms with Crippen LogP contribution in [0.4, 0.5) is 9.59 Å². The number of ether oxygens (including phenoxy) is 4. The van der Waals surface area contributed by atoms with E-state index in [1.807, 2.05) is 43.3 Å². The number of nitrogens with zero attached hydrogens (tertiary/aromatic N) is 4. The molecule has 1 aromatic rings. The summed E-state index contributed by atoms with van der Waals surface area (Å²) in [5.74, 6) is 0.805. The van der Waals surface area contributed by atoms with Crippen LogP contribution in [0.5, 0.6) is 5.75 Å². The molecule has 0 aliphatic carbocycles. The van der Waals surface area contributed by atoms with Crippen molar-refractivity contribution in [2.45, 2.75) is 26.1 Å². The summed E-state index contributed by atoms with van der Waals surface area (Å²) in [6.45, 7) is 11.2. The van der Waals surface area contributed by atoms with Crippen molar-refractivity contribution < 1.29 is 38.1 Å². The highest BCUT2D eigenvalue weighted by Crippen LogP contribution is 2.23. The monoisotopic (exact) mass is 640 g/mol. The normalized spacial score (nSPS) is 20.2. The molecule has 0 spiro atoms. The first-order valence-corrected chi connectivity index (χ1v) is 14.9. The third kappa shape index (κ3) is 10.7. The zero-order chi connectivity index (χ0) is 33.5. The predicted octanol–water partition coefficient (Wildman–Crippen LogP) is 2.37. The number of alkyl carbamates (subject to hydrolysis) is 1. The van der Waals surface area contributed by atoms with Crippen molar-refractivity contribution in [2.24, 2.45) is 0 Å². The first kappa shape index (κ1) is 35.7. The molecule has 46 heavy (non-hydrogen) atoms. The van der Waals surface area contributed by atoms with Crippen LogP contribution in [-0.2, 0) is 30.3 Å². The highest BCUT2D eigenvalue weighted by Gasteiger charge is 2.45. The Bertz CT molecular complexity index is 1300. The minimum atomic E-state index is -0.625. The summed E-state index contributed by atoms with van der Waals surface area (Å²) in [6.07, 6.45) is 6.87. The zero-order valence-corrected chi connectivity index (χ0v) is 26.7. The van der Waals surface area contributed by atoms with Crippen LogP contribution in [-0.4, -0.2) is 117 Å². The molecule has 0 aromatic heterocycles. The van der Waals surface area contributed by atoms with Crippen molar-refractivity contribution in [3.8, 4) is 5.75 Å². The summed E-state index contributed by atoms with van der Waals surface area (Å²) in [4.78, 5) is 52.6. The fourth-order valence-corrected chi connectivity index (χ4v) is 4.65. The average molecular weight is 641 g/mol. The van der Waals surface area contributed by atoms with E-state index in [4.69, 9.17) is 14.2 Å². The van der Waals surface area contributed by atoms with Gasteiger partial charge < -0.3 is 39.4 Å². The van der Waals surface area contributed by atoms with Gasteiger partial charge in [-0.15, -0.1) is 0 Å². The van der Waals surface area contributed by atoms with Crippen molar-refractivity contribution >= 4 is 23.9 Å². The summed E-state index contributed by atoms with van der Waals surface area (Å²) >= 11 is 0. The molecule has 250 valence electrons. The van der Waals surface area contributed by atoms with E-state index in [9.17, 15) is 19.2 Å². The van der Waals surface area contributed by atoms with Crippen LogP contribution in [0.1, 0.15) is 18.9 Å². The number of fused-ring (bicyclic) bond motifs is 1. The van der Waals surface area contributed by atoms with Gasteiger partial charge in [0.1, 0.15) is 30.8 Å². The van der Waals surface area contributed by atoms with Gasteiger partial charge in [-0.1, -0.05) is 50.4 Å². The quantitative estimate of drug-likeness (QED) is 0.389. The number of nitrogens with one attached hydrogen (secondary N) is 2. The lowest BCUT2D eigenvalue weighted by Crippen LogP contribution is -2.73. The molecule has 5 amide bonds. The second-order valence-electron chi connectivity index (χ2n) is 10.5. The first-order chi connectivity index (χ1) is 22.2. The Balaban J connectivity index is 0.000000498. The maximum Gasteiger partial charge on any atom is 0.407 e. The van der Waals surface area contributed by atoms with Crippen molar-refractivity contribution in [1.29, 1.82) is 0 Å². The van der Waals surface area contributed by atoms with E-state index in [0.717, 1.165) is 23.3 Å². The Morgan fingerprint density at radius 1 is 1.11 bits per heavy atom. The standard InChI is InChI=1S/C25H31N5O6.C7H13NO2/c1-18-4-5-20(10-11-35-17-36-18)13-28-14-22-29(16-23(28)31)24(32)15-27(2)30(22)25(33)26-12-19-6-8-21(34-3)9-7-19;1-3-5-8-7(9)10-6-4-2/h4-10,22H,1,11-17H2,2-3H3,(H,26,33);4H,2-3,5-6H2,1H3,(H,8,9)/b5-4-,20-10+;. The highest BCUT2D eigenvalue weighted by molar-refractivity contribution is 5.89. The number of methoxy groups -OCH3 is 1. The fourth-order valence-electron chi connectivity index (χ4n) is 4.65. The van der Waals surface area contributed by atoms with Crippen LogP contribution in [0.25, 0.3) is 0 Å². The minimum Gasteiger partial charge on any atom is -0.497 e. The Kier molecular flexibility index (Phi) is 14.1. The third-order valence-electron chi connectivity index (χ3n) is 7.05. The van der Waals surface area contributed by atoms with E-state index in [1.54, 1.807) is 30.1 Å². The average Bonchev–Trinajstić information content (AvgIpc) is 3.15. The number of piperazine rings is 1. The van der Waals surface area contributed by atoms with Crippen LogP contribution in [0.2, 0.25) is 0 Å². The molecule has 1 atom stereocenters. The van der Waals surface area contributed by atoms with Crippen molar-refractivity contribution in [3.63, 3.8) is 0 Å². The summed E-state index contributed by atoms with van der Waals surface area (Å²) in [5.41, 5.74) is 1.75. The van der Waals surface area contributed by atoms with E-state index in [1.165, 1.54) is 16.0 Å². The number of carbonyl (C=O) groups is 4. The largest absolute Gasteiger partial charge is 0.497 e. The van der Waals surface area contributed by atoms with Gasteiger partial charge in [-0.3, -0.25) is 9.59 Å². The van der Waals surface area contributed by atoms with Gasteiger partial charge in [0.15, 0.2) is 6.79 Å². The molecule has 1 aromatic carbocycles. The number of allylic oxidation sites excluding steroid dienone is 1. The van der Waals surface area contributed by atoms with Gasteiger partial charge in [0, 0.05) is 26.7 Å². The first-order valence-electron chi connectivity index (χ1n) is 14.9. The van der Waals surface area contributed by atoms with Crippen LogP contribution in [0.15, 0.2) is 73.1 Å². The summed E-state index contributed by atoms with van der Waals surface area (Å²) < 4.78 is 20.5. The lowest BCUT2D eigenvalue weighted by atomic mass is 10.1. The van der Waals surface area contributed by atoms with Crippen LogP contribution < -0.4 is 15.4 Å². The van der Waals surface area contributed by atoms with Crippen molar-refractivity contribution in [1.82, 2.24) is 30.5 Å². The van der Waals surface area contributed by atoms with E-state index in [0.29, 0.717) is 32.0 Å². The van der Waals surface area contributed by atoms with Gasteiger partial charge in [0.05, 0.1) is 26.8 Å². The topological polar surface area (TPSA) is 142 Å². The Labute approximate surface area is 269 Å². The number of hydrogen-bond donors (Lipinski definition) is 2. The maximum absolute atomic E-state index is 13.2. The minimum absolute atomic E-state index is 0.00702. The number of likely N-dealkylation sites (N-methyl/N-ethyl adjacent to an activating group) is 1. The van der Waals surface area contributed by atoms with E-state index in [2.05, 4.69) is 28.5 Å². The molecule has 0 radical (unpaired) electrons. The molecular weight excluding hydrogens is 596 g/mol. The number of urea groups is 1. The van der Waals surface area contributed by atoms with Gasteiger partial charge in [-0.25, -0.2) is 19.6 Å². The van der Waals surface area contributed by atoms with E-state index >= 15 is 0 Å². The van der Waals surface area contributed by atoms with Gasteiger partial charge in [0.25, 0.3) is 0 Å². The number of amides is 5. The van der Waals surface area contributed by atoms with Crippen LogP contribution in [0, 0.1) is 0 Å². The molecule has 1 unspecified atom stereocenters. The molecule has 4 rings (SSSR count). The molecule has 3 aliphatic rings. The summed E-state index contributed by atoms with van der Waals surface area (Å²) in [7, 11) is 3.29. The second-order valence-corrected chi connectivity index (χ2v) is 10.5. The Hall–Kier alpha value is -4.82. The van der Waals surface area contributed by atoms with E-state index < -0.39 is 6.17 Å². The molecular formula is C32H44N6O8.